The fourth-order valence-corrected chi connectivity index (χ4v) is 2.04. The van der Waals surface area contributed by atoms with Crippen molar-refractivity contribution < 1.29 is 0 Å². The zero-order valence-electron chi connectivity index (χ0n) is 8.59. The van der Waals surface area contributed by atoms with Gasteiger partial charge in [0.2, 0.25) is 0 Å². The first-order chi connectivity index (χ1) is 8.25. The Morgan fingerprint density at radius 2 is 2.00 bits per heavy atom. The molecule has 0 amide bonds. The average Bonchev–Trinajstić information content (AvgIpc) is 2.73. The molecule has 0 radical (unpaired) electrons. The van der Waals surface area contributed by atoms with Gasteiger partial charge in [-0.2, -0.15) is 5.10 Å². The summed E-state index contributed by atoms with van der Waals surface area (Å²) in [6.45, 7) is 0. The van der Waals surface area contributed by atoms with E-state index in [1.165, 1.54) is 4.40 Å². The number of hydrogen-bond donors (Lipinski definition) is 1. The molecule has 0 aliphatic carbocycles. The maximum absolute atomic E-state index is 11.6. The van der Waals surface area contributed by atoms with Crippen molar-refractivity contribution in [3.63, 3.8) is 0 Å². The summed E-state index contributed by atoms with van der Waals surface area (Å²) in [5, 5.41) is 6.50. The van der Waals surface area contributed by atoms with Gasteiger partial charge in [-0.15, -0.1) is 0 Å². The number of H-pyrrole nitrogens is 1. The predicted molar refractivity (Wildman–Crippen MR) is 66.7 cm³/mol. The fourth-order valence-electron chi connectivity index (χ4n) is 1.67. The first-order valence-corrected chi connectivity index (χ1v) is 5.74. The molecule has 84 valence electrons. The summed E-state index contributed by atoms with van der Waals surface area (Å²) in [6.07, 6.45) is 1.61. The lowest BCUT2D eigenvalue weighted by Crippen LogP contribution is -2.17. The monoisotopic (exact) mass is 290 g/mol. The van der Waals surface area contributed by atoms with Crippen molar-refractivity contribution in [2.45, 2.75) is 0 Å². The number of halogens is 1. The second-order valence-corrected chi connectivity index (χ2v) is 4.31. The quantitative estimate of drug-likeness (QED) is 0.744. The largest absolute Gasteiger partial charge is 0.347 e. The molecule has 3 rings (SSSR count). The summed E-state index contributed by atoms with van der Waals surface area (Å²) >= 11 is 3.25. The SMILES string of the molecule is O=c1[nH]nc(-c2ccccc2)c2nc(Br)cn12. The second-order valence-electron chi connectivity index (χ2n) is 3.50. The Kier molecular flexibility index (Phi) is 2.29. The second kappa shape index (κ2) is 3.81. The van der Waals surface area contributed by atoms with Crippen molar-refractivity contribution in [3.8, 4) is 11.3 Å². The molecule has 3 aromatic rings. The van der Waals surface area contributed by atoms with Crippen LogP contribution in [0.5, 0.6) is 0 Å². The van der Waals surface area contributed by atoms with Crippen molar-refractivity contribution in [2.75, 3.05) is 0 Å². The third-order valence-corrected chi connectivity index (χ3v) is 2.80. The van der Waals surface area contributed by atoms with Gasteiger partial charge in [0, 0.05) is 11.8 Å². The number of rotatable bonds is 1. The normalized spacial score (nSPS) is 10.9. The molecule has 2 heterocycles. The number of aromatic nitrogens is 4. The van der Waals surface area contributed by atoms with Crippen LogP contribution in [0.1, 0.15) is 0 Å². The number of aromatic amines is 1. The summed E-state index contributed by atoms with van der Waals surface area (Å²) in [4.78, 5) is 15.8. The smallest absolute Gasteiger partial charge is 0.247 e. The Labute approximate surface area is 104 Å². The van der Waals surface area contributed by atoms with Gasteiger partial charge in [0.15, 0.2) is 5.65 Å². The van der Waals surface area contributed by atoms with E-state index in [0.29, 0.717) is 15.9 Å². The molecule has 0 aliphatic heterocycles. The highest BCUT2D eigenvalue weighted by Crippen LogP contribution is 2.20. The summed E-state index contributed by atoms with van der Waals surface area (Å²) < 4.78 is 2.03. The maximum atomic E-state index is 11.6. The summed E-state index contributed by atoms with van der Waals surface area (Å²) in [6, 6.07) is 9.59. The van der Waals surface area contributed by atoms with Gasteiger partial charge in [-0.1, -0.05) is 30.3 Å². The van der Waals surface area contributed by atoms with Gasteiger partial charge in [0.25, 0.3) is 0 Å². The van der Waals surface area contributed by atoms with Crippen molar-refractivity contribution in [3.05, 3.63) is 51.6 Å². The van der Waals surface area contributed by atoms with Gasteiger partial charge < -0.3 is 0 Å². The van der Waals surface area contributed by atoms with E-state index in [-0.39, 0.29) is 5.69 Å². The van der Waals surface area contributed by atoms with Crippen LogP contribution in [-0.4, -0.2) is 19.6 Å². The highest BCUT2D eigenvalue weighted by Gasteiger charge is 2.10. The molecule has 0 aliphatic rings. The number of fused-ring (bicyclic) bond motifs is 1. The molecule has 0 unspecified atom stereocenters. The van der Waals surface area contributed by atoms with Crippen molar-refractivity contribution in [1.82, 2.24) is 19.6 Å². The van der Waals surface area contributed by atoms with Gasteiger partial charge in [0.05, 0.1) is 0 Å². The van der Waals surface area contributed by atoms with Gasteiger partial charge in [-0.3, -0.25) is 0 Å². The zero-order chi connectivity index (χ0) is 11.8. The average molecular weight is 291 g/mol. The van der Waals surface area contributed by atoms with Crippen LogP contribution in [0.2, 0.25) is 0 Å². The lowest BCUT2D eigenvalue weighted by atomic mass is 10.2. The van der Waals surface area contributed by atoms with Crippen LogP contribution in [0.4, 0.5) is 0 Å². The van der Waals surface area contributed by atoms with E-state index >= 15 is 0 Å². The van der Waals surface area contributed by atoms with Crippen molar-refractivity contribution >= 4 is 21.6 Å². The molecular formula is C11H7BrN4O. The van der Waals surface area contributed by atoms with Crippen molar-refractivity contribution in [1.29, 1.82) is 0 Å². The molecule has 5 nitrogen and oxygen atoms in total. The minimum Gasteiger partial charge on any atom is -0.247 e. The van der Waals surface area contributed by atoms with Gasteiger partial charge in [-0.05, 0) is 15.9 Å². The minimum atomic E-state index is -0.308. The van der Waals surface area contributed by atoms with E-state index < -0.39 is 0 Å². The first kappa shape index (κ1) is 10.2. The van der Waals surface area contributed by atoms with Gasteiger partial charge >= 0.3 is 5.69 Å². The van der Waals surface area contributed by atoms with Gasteiger partial charge in [0.1, 0.15) is 10.3 Å². The Morgan fingerprint density at radius 1 is 1.24 bits per heavy atom. The number of nitrogens with one attached hydrogen (secondary N) is 1. The molecular weight excluding hydrogens is 284 g/mol. The van der Waals surface area contributed by atoms with Crippen LogP contribution in [0.3, 0.4) is 0 Å². The summed E-state index contributed by atoms with van der Waals surface area (Å²) in [5.41, 5.74) is 1.78. The third-order valence-electron chi connectivity index (χ3n) is 2.42. The van der Waals surface area contributed by atoms with Crippen molar-refractivity contribution in [2.24, 2.45) is 0 Å². The molecule has 1 N–H and O–H groups in total. The number of hydrogen-bond acceptors (Lipinski definition) is 3. The molecule has 0 atom stereocenters. The van der Waals surface area contributed by atoms with Crippen LogP contribution >= 0.6 is 15.9 Å². The predicted octanol–water partition coefficient (Wildman–Crippen LogP) is 1.85. The Balaban J connectivity index is 2.38. The lowest BCUT2D eigenvalue weighted by Gasteiger charge is -2.00. The highest BCUT2D eigenvalue weighted by atomic mass is 79.9. The molecule has 1 aromatic carbocycles. The van der Waals surface area contributed by atoms with Crippen LogP contribution in [0.25, 0.3) is 16.9 Å². The van der Waals surface area contributed by atoms with E-state index in [0.717, 1.165) is 5.56 Å². The zero-order valence-corrected chi connectivity index (χ0v) is 10.2. The number of imidazole rings is 1. The number of nitrogens with zero attached hydrogens (tertiary/aromatic N) is 3. The Hall–Kier alpha value is -1.95. The van der Waals surface area contributed by atoms with E-state index in [2.05, 4.69) is 31.1 Å². The first-order valence-electron chi connectivity index (χ1n) is 4.94. The lowest BCUT2D eigenvalue weighted by molar-refractivity contribution is 0.890. The van der Waals surface area contributed by atoms with Crippen LogP contribution in [-0.2, 0) is 0 Å². The van der Waals surface area contributed by atoms with E-state index in [9.17, 15) is 4.79 Å². The third kappa shape index (κ3) is 1.66. The Morgan fingerprint density at radius 3 is 2.76 bits per heavy atom. The summed E-state index contributed by atoms with van der Waals surface area (Å²) in [5.74, 6) is 0. The molecule has 6 heteroatoms. The topological polar surface area (TPSA) is 63.0 Å². The van der Waals surface area contributed by atoms with E-state index in [4.69, 9.17) is 0 Å². The van der Waals surface area contributed by atoms with Crippen LogP contribution in [0.15, 0.2) is 45.9 Å². The molecule has 17 heavy (non-hydrogen) atoms. The highest BCUT2D eigenvalue weighted by molar-refractivity contribution is 9.10. The van der Waals surface area contributed by atoms with E-state index in [1.54, 1.807) is 6.20 Å². The van der Waals surface area contributed by atoms with Crippen LogP contribution in [0, 0.1) is 0 Å². The summed E-state index contributed by atoms with van der Waals surface area (Å²) in [7, 11) is 0. The molecule has 2 aromatic heterocycles. The molecule has 0 spiro atoms. The Bertz CT molecular complexity index is 732. The van der Waals surface area contributed by atoms with Crippen LogP contribution < -0.4 is 5.69 Å². The maximum Gasteiger partial charge on any atom is 0.347 e. The van der Waals surface area contributed by atoms with E-state index in [1.807, 2.05) is 30.3 Å². The van der Waals surface area contributed by atoms with Gasteiger partial charge in [-0.25, -0.2) is 19.3 Å². The fraction of sp³-hybridized carbons (Fsp3) is 0. The number of benzene rings is 1. The molecule has 0 saturated carbocycles. The molecule has 0 bridgehead atoms. The standard InChI is InChI=1S/C11H7BrN4O/c12-8-6-16-10(13-8)9(14-15-11(16)17)7-4-2-1-3-5-7/h1-6H,(H,15,17). The molecule has 0 fully saturated rings. The minimum absolute atomic E-state index is 0.308. The molecule has 0 saturated heterocycles.